The number of rotatable bonds is 7. The molecule has 10 nitrogen and oxygen atoms in total. The number of nitrogens with zero attached hydrogens (tertiary/aromatic N) is 1. The highest BCUT2D eigenvalue weighted by molar-refractivity contribution is 7.89. The number of nitrogens with one attached hydrogen (secondary N) is 2. The standard InChI is InChI=1S/C15H17N3O7S/c1-3-8-6-10-9(4-5-12(19)17-26(2,24)25)14(15(20)21)16-13(10)11(7-8)18(22)23/h6-7,16H,3-5H2,1-2H3,(H,17,19)(H,20,21). The summed E-state index contributed by atoms with van der Waals surface area (Å²) in [5, 5.41) is 21.0. The predicted octanol–water partition coefficient (Wildman–Crippen LogP) is 1.35. The van der Waals surface area contributed by atoms with Crippen molar-refractivity contribution in [3.63, 3.8) is 0 Å². The number of fused-ring (bicyclic) bond motifs is 1. The molecule has 2 aromatic rings. The van der Waals surface area contributed by atoms with Crippen molar-refractivity contribution in [1.29, 1.82) is 0 Å². The molecule has 0 saturated heterocycles. The first kappa shape index (κ1) is 19.4. The van der Waals surface area contributed by atoms with E-state index in [4.69, 9.17) is 0 Å². The van der Waals surface area contributed by atoms with Gasteiger partial charge in [0.25, 0.3) is 5.69 Å². The van der Waals surface area contributed by atoms with E-state index in [1.54, 1.807) is 17.7 Å². The summed E-state index contributed by atoms with van der Waals surface area (Å²) < 4.78 is 24.0. The van der Waals surface area contributed by atoms with Crippen molar-refractivity contribution in [3.05, 3.63) is 39.1 Å². The third kappa shape index (κ3) is 4.17. The fraction of sp³-hybridized carbons (Fsp3) is 0.333. The van der Waals surface area contributed by atoms with Crippen LogP contribution in [-0.2, 0) is 27.7 Å². The molecule has 26 heavy (non-hydrogen) atoms. The molecule has 1 aromatic carbocycles. The van der Waals surface area contributed by atoms with Gasteiger partial charge in [-0.3, -0.25) is 19.6 Å². The number of aryl methyl sites for hydroxylation is 2. The Kier molecular flexibility index (Phi) is 5.30. The summed E-state index contributed by atoms with van der Waals surface area (Å²) in [4.78, 5) is 36.5. The smallest absolute Gasteiger partial charge is 0.352 e. The molecule has 3 N–H and O–H groups in total. The van der Waals surface area contributed by atoms with Gasteiger partial charge in [0, 0.05) is 17.9 Å². The van der Waals surface area contributed by atoms with Gasteiger partial charge in [0.15, 0.2) is 0 Å². The fourth-order valence-electron chi connectivity index (χ4n) is 2.68. The van der Waals surface area contributed by atoms with E-state index >= 15 is 0 Å². The number of aromatic amines is 1. The van der Waals surface area contributed by atoms with E-state index in [0.29, 0.717) is 17.4 Å². The Labute approximate surface area is 148 Å². The number of carbonyl (C=O) groups is 2. The van der Waals surface area contributed by atoms with Gasteiger partial charge < -0.3 is 10.1 Å². The lowest BCUT2D eigenvalue weighted by Crippen LogP contribution is -2.29. The molecule has 1 amide bonds. The zero-order valence-electron chi connectivity index (χ0n) is 14.0. The normalized spacial score (nSPS) is 11.5. The SMILES string of the molecule is CCc1cc([N+](=O)[O-])c2[nH]c(C(=O)O)c(CCC(=O)NS(C)(=O)=O)c2c1. The number of nitro benzene ring substituents is 1. The summed E-state index contributed by atoms with van der Waals surface area (Å²) >= 11 is 0. The summed E-state index contributed by atoms with van der Waals surface area (Å²) in [7, 11) is -3.72. The number of carboxylic acid groups (broad SMARTS) is 1. The van der Waals surface area contributed by atoms with Crippen LogP contribution in [0.1, 0.15) is 35.0 Å². The van der Waals surface area contributed by atoms with E-state index in [1.165, 1.54) is 6.07 Å². The number of carbonyl (C=O) groups excluding carboxylic acids is 1. The van der Waals surface area contributed by atoms with Crippen LogP contribution in [-0.4, -0.2) is 41.6 Å². The highest BCUT2D eigenvalue weighted by atomic mass is 32.2. The molecule has 2 rings (SSSR count). The van der Waals surface area contributed by atoms with E-state index in [0.717, 1.165) is 6.26 Å². The zero-order valence-corrected chi connectivity index (χ0v) is 14.8. The summed E-state index contributed by atoms with van der Waals surface area (Å²) in [6, 6.07) is 3.00. The Morgan fingerprint density at radius 1 is 1.35 bits per heavy atom. The average Bonchev–Trinajstić information content (AvgIpc) is 2.88. The Morgan fingerprint density at radius 2 is 2.00 bits per heavy atom. The molecule has 0 aliphatic heterocycles. The van der Waals surface area contributed by atoms with Crippen LogP contribution >= 0.6 is 0 Å². The number of non-ortho nitro benzene ring substituents is 1. The van der Waals surface area contributed by atoms with Crippen molar-refractivity contribution >= 4 is 38.5 Å². The molecule has 0 aliphatic carbocycles. The Balaban J connectivity index is 2.54. The molecule has 0 unspecified atom stereocenters. The van der Waals surface area contributed by atoms with Gasteiger partial charge in [-0.25, -0.2) is 13.2 Å². The predicted molar refractivity (Wildman–Crippen MR) is 92.6 cm³/mol. The van der Waals surface area contributed by atoms with Crippen LogP contribution in [0.3, 0.4) is 0 Å². The summed E-state index contributed by atoms with van der Waals surface area (Å²) in [5.74, 6) is -2.12. The van der Waals surface area contributed by atoms with Crippen molar-refractivity contribution in [3.8, 4) is 0 Å². The molecular weight excluding hydrogens is 366 g/mol. The number of hydrogen-bond donors (Lipinski definition) is 3. The topological polar surface area (TPSA) is 159 Å². The molecule has 0 aliphatic rings. The molecule has 140 valence electrons. The van der Waals surface area contributed by atoms with Crippen LogP contribution in [0.2, 0.25) is 0 Å². The fourth-order valence-corrected chi connectivity index (χ4v) is 3.19. The highest BCUT2D eigenvalue weighted by Gasteiger charge is 2.24. The molecule has 0 bridgehead atoms. The van der Waals surface area contributed by atoms with Crippen LogP contribution in [0.25, 0.3) is 10.9 Å². The lowest BCUT2D eigenvalue weighted by Gasteiger charge is -2.04. The Bertz CT molecular complexity index is 1010. The number of aromatic carboxylic acids is 1. The maximum Gasteiger partial charge on any atom is 0.352 e. The largest absolute Gasteiger partial charge is 0.477 e. The highest BCUT2D eigenvalue weighted by Crippen LogP contribution is 2.32. The second-order valence-electron chi connectivity index (χ2n) is 5.73. The van der Waals surface area contributed by atoms with Gasteiger partial charge in [-0.2, -0.15) is 0 Å². The average molecular weight is 383 g/mol. The molecule has 1 heterocycles. The second-order valence-corrected chi connectivity index (χ2v) is 7.48. The first-order chi connectivity index (χ1) is 12.0. The van der Waals surface area contributed by atoms with Gasteiger partial charge in [-0.1, -0.05) is 6.92 Å². The summed E-state index contributed by atoms with van der Waals surface area (Å²) in [6.07, 6.45) is 0.951. The Morgan fingerprint density at radius 3 is 2.50 bits per heavy atom. The molecule has 1 aromatic heterocycles. The number of sulfonamides is 1. The monoisotopic (exact) mass is 383 g/mol. The van der Waals surface area contributed by atoms with Crippen LogP contribution in [0.4, 0.5) is 5.69 Å². The van der Waals surface area contributed by atoms with E-state index in [-0.39, 0.29) is 35.3 Å². The molecule has 0 fully saturated rings. The first-order valence-electron chi connectivity index (χ1n) is 7.59. The molecule has 0 atom stereocenters. The van der Waals surface area contributed by atoms with Gasteiger partial charge in [-0.15, -0.1) is 0 Å². The number of nitro groups is 1. The summed E-state index contributed by atoms with van der Waals surface area (Å²) in [6.45, 7) is 1.80. The zero-order chi connectivity index (χ0) is 19.6. The maximum atomic E-state index is 11.7. The van der Waals surface area contributed by atoms with Gasteiger partial charge in [0.05, 0.1) is 11.2 Å². The molecule has 0 saturated carbocycles. The lowest BCUT2D eigenvalue weighted by atomic mass is 10.0. The minimum atomic E-state index is -3.72. The number of hydrogen-bond acceptors (Lipinski definition) is 6. The van der Waals surface area contributed by atoms with Crippen molar-refractivity contribution in [2.24, 2.45) is 0 Å². The number of benzene rings is 1. The quantitative estimate of drug-likeness (QED) is 0.480. The molecule has 11 heteroatoms. The molecular formula is C15H17N3O7S. The van der Waals surface area contributed by atoms with Crippen molar-refractivity contribution < 1.29 is 28.0 Å². The third-order valence-electron chi connectivity index (χ3n) is 3.77. The van der Waals surface area contributed by atoms with Crippen molar-refractivity contribution in [2.75, 3.05) is 6.26 Å². The van der Waals surface area contributed by atoms with Crippen LogP contribution in [0.15, 0.2) is 12.1 Å². The lowest BCUT2D eigenvalue weighted by molar-refractivity contribution is -0.383. The van der Waals surface area contributed by atoms with Crippen molar-refractivity contribution in [2.45, 2.75) is 26.2 Å². The number of amides is 1. The summed E-state index contributed by atoms with van der Waals surface area (Å²) in [5.41, 5.74) is 0.400. The third-order valence-corrected chi connectivity index (χ3v) is 4.37. The minimum absolute atomic E-state index is 0.0584. The van der Waals surface area contributed by atoms with Crippen LogP contribution in [0, 0.1) is 10.1 Å². The van der Waals surface area contributed by atoms with Gasteiger partial charge in [0.1, 0.15) is 11.2 Å². The van der Waals surface area contributed by atoms with Crippen LogP contribution in [0.5, 0.6) is 0 Å². The van der Waals surface area contributed by atoms with Gasteiger partial charge in [0.2, 0.25) is 15.9 Å². The molecule has 0 radical (unpaired) electrons. The number of aromatic nitrogens is 1. The van der Waals surface area contributed by atoms with E-state index in [9.17, 15) is 33.2 Å². The number of H-pyrrole nitrogens is 1. The maximum absolute atomic E-state index is 11.7. The van der Waals surface area contributed by atoms with E-state index in [1.807, 2.05) is 0 Å². The second kappa shape index (κ2) is 7.12. The molecule has 0 spiro atoms. The van der Waals surface area contributed by atoms with Crippen molar-refractivity contribution in [1.82, 2.24) is 9.71 Å². The van der Waals surface area contributed by atoms with Crippen LogP contribution < -0.4 is 4.72 Å². The van der Waals surface area contributed by atoms with E-state index < -0.39 is 26.8 Å². The first-order valence-corrected chi connectivity index (χ1v) is 9.48. The Hall–Kier alpha value is -2.95. The van der Waals surface area contributed by atoms with Gasteiger partial charge >= 0.3 is 5.97 Å². The number of carboxylic acids is 1. The minimum Gasteiger partial charge on any atom is -0.477 e. The van der Waals surface area contributed by atoms with Gasteiger partial charge in [-0.05, 0) is 30.0 Å². The van der Waals surface area contributed by atoms with E-state index in [2.05, 4.69) is 4.98 Å².